The number of carboxylic acid groups (broad SMARTS) is 1. The lowest BCUT2D eigenvalue weighted by Gasteiger charge is -2.25. The first-order chi connectivity index (χ1) is 5.65. The molecular formula is C8H12FNO2. The van der Waals surface area contributed by atoms with Gasteiger partial charge in [-0.05, 0) is 19.4 Å². The first-order valence-electron chi connectivity index (χ1n) is 4.28. The molecule has 2 fully saturated rings. The van der Waals surface area contributed by atoms with E-state index in [4.69, 9.17) is 5.11 Å². The second-order valence-corrected chi connectivity index (χ2v) is 3.69. The molecule has 68 valence electrons. The van der Waals surface area contributed by atoms with E-state index in [2.05, 4.69) is 0 Å². The number of hydrogen-bond donors (Lipinski definition) is 1. The van der Waals surface area contributed by atoms with Gasteiger partial charge >= 0.3 is 5.97 Å². The topological polar surface area (TPSA) is 40.5 Å². The Bertz CT molecular complexity index is 221. The van der Waals surface area contributed by atoms with Crippen LogP contribution in [0.5, 0.6) is 0 Å². The summed E-state index contributed by atoms with van der Waals surface area (Å²) in [4.78, 5) is 12.7. The molecule has 2 rings (SSSR count). The van der Waals surface area contributed by atoms with Crippen molar-refractivity contribution >= 4 is 5.97 Å². The van der Waals surface area contributed by atoms with Crippen LogP contribution in [0.2, 0.25) is 0 Å². The zero-order valence-corrected chi connectivity index (χ0v) is 6.79. The maximum Gasteiger partial charge on any atom is 0.324 e. The molecule has 4 heteroatoms. The Labute approximate surface area is 70.2 Å². The third kappa shape index (κ3) is 0.874. The van der Waals surface area contributed by atoms with Crippen LogP contribution in [0.1, 0.15) is 19.3 Å². The van der Waals surface area contributed by atoms with Crippen molar-refractivity contribution in [1.29, 1.82) is 0 Å². The van der Waals surface area contributed by atoms with E-state index < -0.39 is 17.7 Å². The molecule has 1 N–H and O–H groups in total. The van der Waals surface area contributed by atoms with Gasteiger partial charge < -0.3 is 5.11 Å². The van der Waals surface area contributed by atoms with Gasteiger partial charge in [0.15, 0.2) is 0 Å². The first kappa shape index (κ1) is 7.98. The maximum atomic E-state index is 12.9. The molecular weight excluding hydrogens is 161 g/mol. The fourth-order valence-electron chi connectivity index (χ4n) is 2.43. The fourth-order valence-corrected chi connectivity index (χ4v) is 2.43. The zero-order chi connectivity index (χ0) is 8.77. The van der Waals surface area contributed by atoms with E-state index in [9.17, 15) is 9.18 Å². The van der Waals surface area contributed by atoms with Crippen LogP contribution in [0.15, 0.2) is 0 Å². The van der Waals surface area contributed by atoms with E-state index >= 15 is 0 Å². The van der Waals surface area contributed by atoms with Gasteiger partial charge in [-0.2, -0.15) is 0 Å². The van der Waals surface area contributed by atoms with Gasteiger partial charge in [-0.25, -0.2) is 4.39 Å². The highest BCUT2D eigenvalue weighted by Crippen LogP contribution is 2.39. The average Bonchev–Trinajstić information content (AvgIpc) is 2.42. The standard InChI is InChI=1S/C8H12FNO2/c9-6-4-8(7(11)12)2-1-3-10(8)5-6/h6H,1-5H2,(H,11,12)/t6-,8+/m0/s1. The molecule has 0 aromatic carbocycles. The van der Waals surface area contributed by atoms with Crippen molar-refractivity contribution in [2.24, 2.45) is 0 Å². The third-order valence-electron chi connectivity index (χ3n) is 3.00. The number of alkyl halides is 1. The van der Waals surface area contributed by atoms with Crippen LogP contribution in [0.4, 0.5) is 4.39 Å². The Hall–Kier alpha value is -0.640. The summed E-state index contributed by atoms with van der Waals surface area (Å²) in [7, 11) is 0. The predicted molar refractivity (Wildman–Crippen MR) is 40.7 cm³/mol. The van der Waals surface area contributed by atoms with Crippen LogP contribution in [-0.2, 0) is 4.79 Å². The largest absolute Gasteiger partial charge is 0.480 e. The summed E-state index contributed by atoms with van der Waals surface area (Å²) < 4.78 is 12.9. The van der Waals surface area contributed by atoms with Crippen molar-refractivity contribution in [2.45, 2.75) is 31.0 Å². The minimum absolute atomic E-state index is 0.183. The average molecular weight is 173 g/mol. The second-order valence-electron chi connectivity index (χ2n) is 3.69. The number of carboxylic acids is 1. The molecule has 2 aliphatic rings. The molecule has 0 bridgehead atoms. The van der Waals surface area contributed by atoms with Gasteiger partial charge in [0.05, 0.1) is 0 Å². The molecule has 0 aromatic rings. The minimum Gasteiger partial charge on any atom is -0.480 e. The van der Waals surface area contributed by atoms with Gasteiger partial charge in [-0.3, -0.25) is 9.69 Å². The molecule has 0 saturated carbocycles. The Morgan fingerprint density at radius 3 is 3.00 bits per heavy atom. The number of hydrogen-bond acceptors (Lipinski definition) is 2. The molecule has 0 amide bonds. The van der Waals surface area contributed by atoms with Crippen molar-refractivity contribution in [3.8, 4) is 0 Å². The Morgan fingerprint density at radius 2 is 2.42 bits per heavy atom. The first-order valence-corrected chi connectivity index (χ1v) is 4.28. The summed E-state index contributed by atoms with van der Waals surface area (Å²) in [6.07, 6.45) is 0.741. The molecule has 0 spiro atoms. The summed E-state index contributed by atoms with van der Waals surface area (Å²) >= 11 is 0. The molecule has 0 unspecified atom stereocenters. The number of aliphatic carboxylic acids is 1. The highest BCUT2D eigenvalue weighted by Gasteiger charge is 2.54. The molecule has 0 aliphatic carbocycles. The van der Waals surface area contributed by atoms with E-state index in [1.165, 1.54) is 0 Å². The van der Waals surface area contributed by atoms with E-state index in [1.54, 1.807) is 4.90 Å². The number of rotatable bonds is 1. The Balaban J connectivity index is 2.26. The van der Waals surface area contributed by atoms with Gasteiger partial charge in [-0.1, -0.05) is 0 Å². The number of halogens is 1. The van der Waals surface area contributed by atoms with Gasteiger partial charge in [0.1, 0.15) is 11.7 Å². The highest BCUT2D eigenvalue weighted by atomic mass is 19.1. The predicted octanol–water partition coefficient (Wildman–Crippen LogP) is 0.647. The number of fused-ring (bicyclic) bond motifs is 1. The zero-order valence-electron chi connectivity index (χ0n) is 6.79. The van der Waals surface area contributed by atoms with Gasteiger partial charge in [-0.15, -0.1) is 0 Å². The molecule has 0 radical (unpaired) electrons. The van der Waals surface area contributed by atoms with Crippen molar-refractivity contribution in [1.82, 2.24) is 4.90 Å². The minimum atomic E-state index is -0.943. The molecule has 3 nitrogen and oxygen atoms in total. The molecule has 2 atom stereocenters. The van der Waals surface area contributed by atoms with Gasteiger partial charge in [0, 0.05) is 13.0 Å². The normalized spacial score (nSPS) is 41.6. The highest BCUT2D eigenvalue weighted by molar-refractivity contribution is 5.79. The van der Waals surface area contributed by atoms with Gasteiger partial charge in [0.25, 0.3) is 0 Å². The van der Waals surface area contributed by atoms with Crippen molar-refractivity contribution in [3.05, 3.63) is 0 Å². The van der Waals surface area contributed by atoms with Crippen LogP contribution >= 0.6 is 0 Å². The lowest BCUT2D eigenvalue weighted by Crippen LogP contribution is -2.45. The van der Waals surface area contributed by atoms with E-state index in [1.807, 2.05) is 0 Å². The summed E-state index contributed by atoms with van der Waals surface area (Å²) in [5.74, 6) is -0.847. The van der Waals surface area contributed by atoms with Crippen LogP contribution in [0.3, 0.4) is 0 Å². The lowest BCUT2D eigenvalue weighted by molar-refractivity contribution is -0.148. The summed E-state index contributed by atoms with van der Waals surface area (Å²) in [5.41, 5.74) is -0.848. The van der Waals surface area contributed by atoms with Crippen LogP contribution in [-0.4, -0.2) is 40.8 Å². The summed E-state index contributed by atoms with van der Waals surface area (Å²) in [6.45, 7) is 1.05. The molecule has 12 heavy (non-hydrogen) atoms. The van der Waals surface area contributed by atoms with Crippen LogP contribution in [0, 0.1) is 0 Å². The summed E-state index contributed by atoms with van der Waals surface area (Å²) in [6, 6.07) is 0. The third-order valence-corrected chi connectivity index (χ3v) is 3.00. The van der Waals surface area contributed by atoms with Crippen LogP contribution in [0.25, 0.3) is 0 Å². The molecule has 2 saturated heterocycles. The lowest BCUT2D eigenvalue weighted by atomic mass is 9.94. The molecule has 2 heterocycles. The van der Waals surface area contributed by atoms with E-state index in [0.717, 1.165) is 13.0 Å². The van der Waals surface area contributed by atoms with Gasteiger partial charge in [0.2, 0.25) is 0 Å². The van der Waals surface area contributed by atoms with Crippen molar-refractivity contribution < 1.29 is 14.3 Å². The van der Waals surface area contributed by atoms with Crippen molar-refractivity contribution in [3.63, 3.8) is 0 Å². The smallest absolute Gasteiger partial charge is 0.324 e. The Morgan fingerprint density at radius 1 is 1.67 bits per heavy atom. The quantitative estimate of drug-likeness (QED) is 0.632. The SMILES string of the molecule is O=C(O)[C@]12CCCN1C[C@@H](F)C2. The number of carbonyl (C=O) groups is 1. The monoisotopic (exact) mass is 173 g/mol. The van der Waals surface area contributed by atoms with Crippen LogP contribution < -0.4 is 0 Å². The number of nitrogens with zero attached hydrogens (tertiary/aromatic N) is 1. The van der Waals surface area contributed by atoms with Crippen molar-refractivity contribution in [2.75, 3.05) is 13.1 Å². The van der Waals surface area contributed by atoms with E-state index in [0.29, 0.717) is 13.0 Å². The molecule has 2 aliphatic heterocycles. The second kappa shape index (κ2) is 2.42. The van der Waals surface area contributed by atoms with E-state index in [-0.39, 0.29) is 6.42 Å². The fraction of sp³-hybridized carbons (Fsp3) is 0.875. The maximum absolute atomic E-state index is 12.9. The summed E-state index contributed by atoms with van der Waals surface area (Å²) in [5, 5.41) is 8.98. The Kier molecular flexibility index (Phi) is 1.61. The molecule has 0 aromatic heterocycles.